The average molecular weight is 431 g/mol. The fourth-order valence-corrected chi connectivity index (χ4v) is 5.00. The Bertz CT molecular complexity index is 1120. The molecule has 0 spiro atoms. The normalized spacial score (nSPS) is 19.8. The molecular weight excluding hydrogens is 402 g/mol. The number of benzene rings is 3. The van der Waals surface area contributed by atoms with Crippen molar-refractivity contribution < 1.29 is 19.4 Å². The van der Waals surface area contributed by atoms with Crippen molar-refractivity contribution in [1.29, 1.82) is 0 Å². The summed E-state index contributed by atoms with van der Waals surface area (Å²) >= 11 is 0. The predicted octanol–water partition coefficient (Wildman–Crippen LogP) is 5.05. The van der Waals surface area contributed by atoms with Crippen molar-refractivity contribution in [3.05, 3.63) is 95.1 Å². The van der Waals surface area contributed by atoms with Gasteiger partial charge in [-0.3, -0.25) is 4.79 Å². The highest BCUT2D eigenvalue weighted by molar-refractivity contribution is 5.92. The van der Waals surface area contributed by atoms with Crippen LogP contribution in [0.15, 0.2) is 72.8 Å². The molecule has 5 nitrogen and oxygen atoms in total. The molecule has 0 radical (unpaired) electrons. The molecule has 3 aromatic carbocycles. The molecule has 1 aliphatic heterocycles. The molecule has 5 heteroatoms. The van der Waals surface area contributed by atoms with E-state index in [0.29, 0.717) is 6.54 Å². The summed E-state index contributed by atoms with van der Waals surface area (Å²) in [6, 6.07) is 23.7. The van der Waals surface area contributed by atoms with Gasteiger partial charge in [-0.15, -0.1) is 0 Å². The van der Waals surface area contributed by atoms with E-state index in [-0.39, 0.29) is 29.3 Å². The van der Waals surface area contributed by atoms with E-state index in [2.05, 4.69) is 31.2 Å². The number of hydrogen-bond acceptors (Lipinski definition) is 3. The first kappa shape index (κ1) is 21.8. The van der Waals surface area contributed by atoms with Gasteiger partial charge >= 0.3 is 11.9 Å². The molecule has 4 rings (SSSR count). The number of amides is 1. The summed E-state index contributed by atoms with van der Waals surface area (Å²) in [5.41, 5.74) is 5.51. The van der Waals surface area contributed by atoms with Gasteiger partial charge < -0.3 is 9.84 Å². The zero-order valence-electron chi connectivity index (χ0n) is 18.5. The van der Waals surface area contributed by atoms with Gasteiger partial charge in [-0.1, -0.05) is 48.5 Å². The van der Waals surface area contributed by atoms with Crippen LogP contribution in [0.4, 0.5) is 5.69 Å². The average Bonchev–Trinajstić information content (AvgIpc) is 2.82. The van der Waals surface area contributed by atoms with Crippen molar-refractivity contribution in [2.45, 2.75) is 32.2 Å². The number of nitrogens with zero attached hydrogens (tertiary/aromatic N) is 1. The van der Waals surface area contributed by atoms with E-state index in [1.165, 1.54) is 11.1 Å². The Morgan fingerprint density at radius 3 is 2.34 bits per heavy atom. The van der Waals surface area contributed by atoms with Gasteiger partial charge in [0.2, 0.25) is 0 Å². The highest BCUT2D eigenvalue weighted by atomic mass is 16.5. The van der Waals surface area contributed by atoms with Gasteiger partial charge in [-0.05, 0) is 30.2 Å². The van der Waals surface area contributed by atoms with E-state index in [0.717, 1.165) is 29.0 Å². The Labute approximate surface area is 188 Å². The van der Waals surface area contributed by atoms with E-state index in [4.69, 9.17) is 4.74 Å². The molecule has 164 valence electrons. The van der Waals surface area contributed by atoms with Crippen LogP contribution < -0.4 is 9.22 Å². The summed E-state index contributed by atoms with van der Waals surface area (Å²) < 4.78 is 5.41. The molecule has 2 unspecified atom stereocenters. The minimum atomic E-state index is -0.962. The van der Waals surface area contributed by atoms with Gasteiger partial charge in [0.15, 0.2) is 6.04 Å². The lowest BCUT2D eigenvalue weighted by Crippen LogP contribution is -2.60. The molecule has 0 saturated heterocycles. The molecule has 2 atom stereocenters. The molecule has 0 saturated carbocycles. The molecule has 32 heavy (non-hydrogen) atoms. The van der Waals surface area contributed by atoms with E-state index in [1.807, 2.05) is 48.5 Å². The summed E-state index contributed by atoms with van der Waals surface area (Å²) in [4.78, 5) is 25.3. The van der Waals surface area contributed by atoms with Crippen LogP contribution in [-0.2, 0) is 16.0 Å². The molecule has 0 aromatic heterocycles. The van der Waals surface area contributed by atoms with Crippen molar-refractivity contribution in [1.82, 2.24) is 4.48 Å². The van der Waals surface area contributed by atoms with Gasteiger partial charge in [0.05, 0.1) is 26.5 Å². The fraction of sp³-hybridized carbons (Fsp3) is 0.259. The van der Waals surface area contributed by atoms with Crippen LogP contribution in [-0.4, -0.2) is 30.6 Å². The summed E-state index contributed by atoms with van der Waals surface area (Å²) in [5.74, 6) is -0.330. The van der Waals surface area contributed by atoms with Crippen LogP contribution >= 0.6 is 0 Å². The summed E-state index contributed by atoms with van der Waals surface area (Å²) in [7, 11) is 1.62. The monoisotopic (exact) mass is 430 g/mol. The number of quaternary nitrogens is 1. The number of carbonyl (C=O) groups excluding carboxylic acids is 1. The predicted molar refractivity (Wildman–Crippen MR) is 125 cm³/mol. The third kappa shape index (κ3) is 3.80. The number of carbonyl (C=O) groups is 2. The number of aliphatic carboxylic acids is 1. The number of carboxylic acid groups (broad SMARTS) is 1. The Kier molecular flexibility index (Phi) is 6.10. The van der Waals surface area contributed by atoms with E-state index >= 15 is 0 Å². The van der Waals surface area contributed by atoms with Crippen molar-refractivity contribution >= 4 is 17.6 Å². The third-order valence-corrected chi connectivity index (χ3v) is 6.54. The fourth-order valence-electron chi connectivity index (χ4n) is 5.00. The lowest BCUT2D eigenvalue weighted by molar-refractivity contribution is -0.141. The first-order valence-corrected chi connectivity index (χ1v) is 10.9. The van der Waals surface area contributed by atoms with Crippen LogP contribution in [0.5, 0.6) is 5.75 Å². The number of fused-ring (bicyclic) bond motifs is 1. The SMILES string of the molecule is COc1ccc([N+]2(C(=O)CCC(=O)O)CCc3c(C)cccc3C2c2ccccc2)cc1. The first-order valence-electron chi connectivity index (χ1n) is 10.9. The Hall–Kier alpha value is -3.44. The largest absolute Gasteiger partial charge is 0.497 e. The van der Waals surface area contributed by atoms with Gasteiger partial charge in [-0.2, -0.15) is 0 Å². The lowest BCUT2D eigenvalue weighted by atomic mass is 9.82. The Morgan fingerprint density at radius 2 is 1.69 bits per heavy atom. The van der Waals surface area contributed by atoms with Gasteiger partial charge in [0.1, 0.15) is 11.4 Å². The number of hydrogen-bond donors (Lipinski definition) is 1. The molecule has 0 bridgehead atoms. The summed E-state index contributed by atoms with van der Waals surface area (Å²) in [6.45, 7) is 2.68. The van der Waals surface area contributed by atoms with Crippen molar-refractivity contribution in [3.8, 4) is 5.75 Å². The van der Waals surface area contributed by atoms with Gasteiger partial charge in [0.25, 0.3) is 0 Å². The maximum atomic E-state index is 13.9. The molecule has 1 N–H and O–H groups in total. The van der Waals surface area contributed by atoms with Gasteiger partial charge in [-0.25, -0.2) is 9.28 Å². The quantitative estimate of drug-likeness (QED) is 0.556. The molecule has 0 aliphatic carbocycles. The maximum absolute atomic E-state index is 13.9. The van der Waals surface area contributed by atoms with Crippen LogP contribution in [0.2, 0.25) is 0 Å². The van der Waals surface area contributed by atoms with Crippen molar-refractivity contribution in [2.75, 3.05) is 13.7 Å². The minimum absolute atomic E-state index is 0.0220. The standard InChI is InChI=1S/C27H27NO4/c1-19-7-6-10-24-23(19)17-18-28(25(29)15-16-26(30)31,21-11-13-22(32-2)14-12-21)27(24)20-8-4-3-5-9-20/h3-14,27H,15-18H2,1-2H3/p+1. The topological polar surface area (TPSA) is 63.6 Å². The van der Waals surface area contributed by atoms with Gasteiger partial charge in [0, 0.05) is 29.7 Å². The second kappa shape index (κ2) is 8.97. The second-order valence-electron chi connectivity index (χ2n) is 8.28. The van der Waals surface area contributed by atoms with Crippen molar-refractivity contribution in [2.24, 2.45) is 0 Å². The molecule has 1 amide bonds. The molecule has 1 heterocycles. The molecule has 3 aromatic rings. The molecular formula is C27H28NO4+. The summed E-state index contributed by atoms with van der Waals surface area (Å²) in [5, 5.41) is 9.28. The number of carboxylic acids is 1. The van der Waals surface area contributed by atoms with E-state index < -0.39 is 5.97 Å². The highest BCUT2D eigenvalue weighted by Gasteiger charge is 2.50. The molecule has 0 fully saturated rings. The van der Waals surface area contributed by atoms with E-state index in [1.54, 1.807) is 7.11 Å². The number of ether oxygens (including phenoxy) is 1. The smallest absolute Gasteiger partial charge is 0.320 e. The third-order valence-electron chi connectivity index (χ3n) is 6.54. The highest BCUT2D eigenvalue weighted by Crippen LogP contribution is 2.46. The van der Waals surface area contributed by atoms with Crippen molar-refractivity contribution in [3.63, 3.8) is 0 Å². The zero-order chi connectivity index (χ0) is 22.7. The number of aryl methyl sites for hydroxylation is 1. The Balaban J connectivity index is 1.97. The van der Waals surface area contributed by atoms with Crippen LogP contribution in [0, 0.1) is 6.92 Å². The van der Waals surface area contributed by atoms with E-state index in [9.17, 15) is 14.7 Å². The second-order valence-corrected chi connectivity index (χ2v) is 8.28. The minimum Gasteiger partial charge on any atom is -0.497 e. The first-order chi connectivity index (χ1) is 15.5. The van der Waals surface area contributed by atoms with Crippen LogP contribution in [0.25, 0.3) is 0 Å². The zero-order valence-corrected chi connectivity index (χ0v) is 18.5. The van der Waals surface area contributed by atoms with Crippen LogP contribution in [0.1, 0.15) is 41.1 Å². The maximum Gasteiger partial charge on any atom is 0.320 e. The number of rotatable bonds is 6. The lowest BCUT2D eigenvalue weighted by Gasteiger charge is -2.46. The Morgan fingerprint density at radius 1 is 0.969 bits per heavy atom. The van der Waals surface area contributed by atoms with Crippen LogP contribution in [0.3, 0.4) is 0 Å². The molecule has 1 aliphatic rings. The summed E-state index contributed by atoms with van der Waals surface area (Å²) in [6.07, 6.45) is 0.541. The number of methoxy groups -OCH3 is 1.